The molecular formula is C12H23N3S. The summed E-state index contributed by atoms with van der Waals surface area (Å²) in [6.07, 6.45) is 3.95. The predicted octanol–water partition coefficient (Wildman–Crippen LogP) is 2.49. The van der Waals surface area contributed by atoms with Crippen molar-refractivity contribution in [2.75, 3.05) is 12.3 Å². The summed E-state index contributed by atoms with van der Waals surface area (Å²) >= 11 is 1.87. The Labute approximate surface area is 103 Å². The molecular weight excluding hydrogens is 218 g/mol. The molecule has 92 valence electrons. The van der Waals surface area contributed by atoms with Crippen molar-refractivity contribution in [1.82, 2.24) is 10.4 Å². The van der Waals surface area contributed by atoms with Crippen LogP contribution in [0.4, 0.5) is 0 Å². The van der Waals surface area contributed by atoms with Gasteiger partial charge in [0.25, 0.3) is 0 Å². The molecule has 2 rings (SSSR count). The Balaban J connectivity index is 1.92. The maximum absolute atomic E-state index is 4.60. The fraction of sp³-hybridized carbons (Fsp3) is 0.917. The summed E-state index contributed by atoms with van der Waals surface area (Å²) in [4.78, 5) is 4.60. The van der Waals surface area contributed by atoms with Crippen LogP contribution >= 0.6 is 11.8 Å². The van der Waals surface area contributed by atoms with Gasteiger partial charge in [-0.05, 0) is 32.6 Å². The summed E-state index contributed by atoms with van der Waals surface area (Å²) in [6.45, 7) is 7.85. The third-order valence-electron chi connectivity index (χ3n) is 3.47. The van der Waals surface area contributed by atoms with E-state index in [9.17, 15) is 0 Å². The Hall–Kier alpha value is -0.220. The van der Waals surface area contributed by atoms with E-state index in [0.717, 1.165) is 17.6 Å². The highest BCUT2D eigenvalue weighted by Crippen LogP contribution is 2.22. The molecule has 2 aliphatic heterocycles. The van der Waals surface area contributed by atoms with E-state index in [0.29, 0.717) is 12.1 Å². The molecule has 0 aromatic rings. The number of aliphatic imine (C=N–C) groups is 1. The minimum atomic E-state index is 0.631. The lowest BCUT2D eigenvalue weighted by Crippen LogP contribution is -2.54. The summed E-state index contributed by atoms with van der Waals surface area (Å²) < 4.78 is 0. The number of hydrogen-bond donors (Lipinski definition) is 1. The standard InChI is InChI=1S/C12H23N3S/c1-9-7-13-12(16-8-9)14-15-10(2)5-4-6-11(15)3/h9-11H,4-8H2,1-3H3,(H,13,14). The topological polar surface area (TPSA) is 27.6 Å². The highest BCUT2D eigenvalue weighted by molar-refractivity contribution is 8.13. The van der Waals surface area contributed by atoms with E-state index in [1.807, 2.05) is 11.8 Å². The second kappa shape index (κ2) is 5.41. The van der Waals surface area contributed by atoms with Crippen molar-refractivity contribution >= 4 is 16.9 Å². The minimum absolute atomic E-state index is 0.631. The van der Waals surface area contributed by atoms with E-state index in [4.69, 9.17) is 0 Å². The molecule has 1 fully saturated rings. The molecule has 0 radical (unpaired) electrons. The Morgan fingerprint density at radius 2 is 1.94 bits per heavy atom. The smallest absolute Gasteiger partial charge is 0.171 e. The average Bonchev–Trinajstić information content (AvgIpc) is 2.26. The quantitative estimate of drug-likeness (QED) is 0.764. The van der Waals surface area contributed by atoms with Crippen LogP contribution in [0.5, 0.6) is 0 Å². The van der Waals surface area contributed by atoms with Crippen molar-refractivity contribution in [2.45, 2.75) is 52.1 Å². The van der Waals surface area contributed by atoms with Gasteiger partial charge in [-0.1, -0.05) is 25.1 Å². The fourth-order valence-electron chi connectivity index (χ4n) is 2.38. The molecule has 3 unspecified atom stereocenters. The van der Waals surface area contributed by atoms with Gasteiger partial charge >= 0.3 is 0 Å². The average molecular weight is 241 g/mol. The summed E-state index contributed by atoms with van der Waals surface area (Å²) in [6, 6.07) is 1.26. The van der Waals surface area contributed by atoms with Crippen molar-refractivity contribution in [3.63, 3.8) is 0 Å². The van der Waals surface area contributed by atoms with Crippen LogP contribution in [-0.2, 0) is 0 Å². The van der Waals surface area contributed by atoms with Crippen LogP contribution in [0.2, 0.25) is 0 Å². The number of piperidine rings is 1. The molecule has 0 bridgehead atoms. The summed E-state index contributed by atoms with van der Waals surface area (Å²) in [7, 11) is 0. The van der Waals surface area contributed by atoms with E-state index in [1.54, 1.807) is 0 Å². The molecule has 2 heterocycles. The van der Waals surface area contributed by atoms with Gasteiger partial charge in [0.15, 0.2) is 5.17 Å². The minimum Gasteiger partial charge on any atom is -0.297 e. The van der Waals surface area contributed by atoms with Crippen LogP contribution in [0.3, 0.4) is 0 Å². The van der Waals surface area contributed by atoms with Gasteiger partial charge in [-0.15, -0.1) is 0 Å². The molecule has 2 aliphatic rings. The molecule has 0 amide bonds. The summed E-state index contributed by atoms with van der Waals surface area (Å²) in [5.41, 5.74) is 3.52. The zero-order valence-electron chi connectivity index (χ0n) is 10.6. The van der Waals surface area contributed by atoms with E-state index in [-0.39, 0.29) is 0 Å². The number of hydrogen-bond acceptors (Lipinski definition) is 4. The third-order valence-corrected chi connectivity index (χ3v) is 4.70. The van der Waals surface area contributed by atoms with Crippen LogP contribution in [0, 0.1) is 5.92 Å². The highest BCUT2D eigenvalue weighted by atomic mass is 32.2. The Morgan fingerprint density at radius 3 is 2.50 bits per heavy atom. The third kappa shape index (κ3) is 2.92. The van der Waals surface area contributed by atoms with Crippen molar-refractivity contribution in [1.29, 1.82) is 0 Å². The second-order valence-electron chi connectivity index (χ2n) is 5.21. The number of nitrogens with one attached hydrogen (secondary N) is 1. The lowest BCUT2D eigenvalue weighted by Gasteiger charge is -2.39. The number of hydrazine groups is 1. The van der Waals surface area contributed by atoms with Gasteiger partial charge in [-0.2, -0.15) is 0 Å². The first kappa shape index (κ1) is 12.2. The summed E-state index contributed by atoms with van der Waals surface area (Å²) in [5, 5.41) is 3.52. The van der Waals surface area contributed by atoms with Gasteiger partial charge in [0.1, 0.15) is 0 Å². The van der Waals surface area contributed by atoms with Crippen LogP contribution in [-0.4, -0.2) is 34.6 Å². The molecule has 1 saturated heterocycles. The van der Waals surface area contributed by atoms with Gasteiger partial charge in [-0.25, -0.2) is 5.01 Å². The Bertz CT molecular complexity index is 257. The molecule has 3 atom stereocenters. The van der Waals surface area contributed by atoms with Gasteiger partial charge < -0.3 is 0 Å². The number of amidine groups is 1. The zero-order valence-corrected chi connectivity index (χ0v) is 11.4. The molecule has 3 nitrogen and oxygen atoms in total. The second-order valence-corrected chi connectivity index (χ2v) is 6.22. The highest BCUT2D eigenvalue weighted by Gasteiger charge is 2.26. The molecule has 0 aromatic heterocycles. The number of nitrogens with zero attached hydrogens (tertiary/aromatic N) is 2. The molecule has 4 heteroatoms. The first-order chi connectivity index (χ1) is 7.66. The summed E-state index contributed by atoms with van der Waals surface area (Å²) in [5.74, 6) is 1.93. The monoisotopic (exact) mass is 241 g/mol. The normalized spacial score (nSPS) is 36.9. The Morgan fingerprint density at radius 1 is 1.25 bits per heavy atom. The molecule has 0 spiro atoms. The predicted molar refractivity (Wildman–Crippen MR) is 71.7 cm³/mol. The van der Waals surface area contributed by atoms with Crippen molar-refractivity contribution in [3.8, 4) is 0 Å². The van der Waals surface area contributed by atoms with Gasteiger partial charge in [0.05, 0.1) is 0 Å². The Kier molecular flexibility index (Phi) is 4.14. The SMILES string of the molecule is CC1CN=C(NN2C(C)CCCC2C)SC1. The van der Waals surface area contributed by atoms with E-state index in [2.05, 4.69) is 36.2 Å². The first-order valence-electron chi connectivity index (χ1n) is 6.39. The van der Waals surface area contributed by atoms with Crippen LogP contribution in [0.1, 0.15) is 40.0 Å². The van der Waals surface area contributed by atoms with Crippen molar-refractivity contribution in [3.05, 3.63) is 0 Å². The van der Waals surface area contributed by atoms with Crippen LogP contribution < -0.4 is 5.43 Å². The molecule has 16 heavy (non-hydrogen) atoms. The van der Waals surface area contributed by atoms with Crippen molar-refractivity contribution < 1.29 is 0 Å². The van der Waals surface area contributed by atoms with Gasteiger partial charge in [0, 0.05) is 24.4 Å². The number of thioether (sulfide) groups is 1. The molecule has 1 N–H and O–H groups in total. The largest absolute Gasteiger partial charge is 0.297 e. The van der Waals surface area contributed by atoms with Gasteiger partial charge in [0.2, 0.25) is 0 Å². The van der Waals surface area contributed by atoms with E-state index in [1.165, 1.54) is 25.0 Å². The zero-order chi connectivity index (χ0) is 11.5. The molecule has 0 saturated carbocycles. The molecule has 0 aliphatic carbocycles. The number of rotatable bonds is 1. The lowest BCUT2D eigenvalue weighted by molar-refractivity contribution is 0.0751. The van der Waals surface area contributed by atoms with E-state index < -0.39 is 0 Å². The van der Waals surface area contributed by atoms with Crippen molar-refractivity contribution in [2.24, 2.45) is 10.9 Å². The van der Waals surface area contributed by atoms with Crippen LogP contribution in [0.25, 0.3) is 0 Å². The maximum atomic E-state index is 4.60. The fourth-order valence-corrected chi connectivity index (χ4v) is 3.26. The van der Waals surface area contributed by atoms with Gasteiger partial charge in [-0.3, -0.25) is 10.4 Å². The first-order valence-corrected chi connectivity index (χ1v) is 7.37. The van der Waals surface area contributed by atoms with Crippen LogP contribution in [0.15, 0.2) is 4.99 Å². The lowest BCUT2D eigenvalue weighted by atomic mass is 10.00. The maximum Gasteiger partial charge on any atom is 0.171 e. The molecule has 0 aromatic carbocycles. The van der Waals surface area contributed by atoms with E-state index >= 15 is 0 Å².